The summed E-state index contributed by atoms with van der Waals surface area (Å²) in [5.74, 6) is -1.66. The molecule has 2 atom stereocenters. The van der Waals surface area contributed by atoms with Gasteiger partial charge in [0.05, 0.1) is 23.6 Å². The molecule has 0 bridgehead atoms. The SMILES string of the molecule is CN1N=C2CCN(C(=O)C(COc3cncc(F)c3)NC(=O)C(C)(C)N)CC2(Cc2ccccc2)C1=O. The second-order valence-corrected chi connectivity index (χ2v) is 10.0. The molecule has 1 saturated heterocycles. The summed E-state index contributed by atoms with van der Waals surface area (Å²) in [5.41, 5.74) is 5.37. The van der Waals surface area contributed by atoms with Gasteiger partial charge in [0, 0.05) is 32.6 Å². The maximum atomic E-state index is 13.8. The zero-order valence-electron chi connectivity index (χ0n) is 21.1. The molecule has 0 radical (unpaired) electrons. The van der Waals surface area contributed by atoms with Crippen LogP contribution in [0.25, 0.3) is 0 Å². The van der Waals surface area contributed by atoms with Crippen molar-refractivity contribution in [2.45, 2.75) is 38.3 Å². The molecule has 11 heteroatoms. The van der Waals surface area contributed by atoms with Gasteiger partial charge in [0.15, 0.2) is 0 Å². The van der Waals surface area contributed by atoms with Gasteiger partial charge in [-0.15, -0.1) is 0 Å². The molecule has 2 aromatic rings. The van der Waals surface area contributed by atoms with Gasteiger partial charge in [0.2, 0.25) is 11.8 Å². The molecule has 0 spiro atoms. The zero-order valence-corrected chi connectivity index (χ0v) is 21.1. The van der Waals surface area contributed by atoms with Crippen LogP contribution in [0.2, 0.25) is 0 Å². The summed E-state index contributed by atoms with van der Waals surface area (Å²) in [6.07, 6.45) is 3.14. The van der Waals surface area contributed by atoms with Crippen molar-refractivity contribution < 1.29 is 23.5 Å². The molecule has 3 amide bonds. The van der Waals surface area contributed by atoms with Crippen LogP contribution in [0.1, 0.15) is 25.8 Å². The molecule has 37 heavy (non-hydrogen) atoms. The van der Waals surface area contributed by atoms with E-state index in [0.29, 0.717) is 19.4 Å². The minimum atomic E-state index is -1.25. The van der Waals surface area contributed by atoms with Crippen molar-refractivity contribution in [3.8, 4) is 5.75 Å². The van der Waals surface area contributed by atoms with E-state index in [4.69, 9.17) is 10.5 Å². The Labute approximate surface area is 214 Å². The fourth-order valence-corrected chi connectivity index (χ4v) is 4.61. The molecule has 1 aromatic heterocycles. The number of nitrogens with two attached hydrogens (primary N) is 1. The number of carbonyl (C=O) groups is 3. The minimum Gasteiger partial charge on any atom is -0.489 e. The van der Waals surface area contributed by atoms with Crippen molar-refractivity contribution in [1.82, 2.24) is 20.2 Å². The van der Waals surface area contributed by atoms with Gasteiger partial charge >= 0.3 is 0 Å². The van der Waals surface area contributed by atoms with Crippen molar-refractivity contribution in [1.29, 1.82) is 0 Å². The van der Waals surface area contributed by atoms with Crippen molar-refractivity contribution >= 4 is 23.4 Å². The van der Waals surface area contributed by atoms with Crippen molar-refractivity contribution in [3.63, 3.8) is 0 Å². The number of benzene rings is 1. The first-order valence-corrected chi connectivity index (χ1v) is 12.0. The molecule has 2 unspecified atom stereocenters. The summed E-state index contributed by atoms with van der Waals surface area (Å²) in [4.78, 5) is 45.1. The van der Waals surface area contributed by atoms with Crippen molar-refractivity contribution in [2.75, 3.05) is 26.7 Å². The van der Waals surface area contributed by atoms with Crippen LogP contribution in [-0.4, -0.2) is 76.7 Å². The van der Waals surface area contributed by atoms with E-state index in [-0.39, 0.29) is 24.8 Å². The maximum absolute atomic E-state index is 13.8. The van der Waals surface area contributed by atoms with Crippen LogP contribution in [0.15, 0.2) is 53.9 Å². The largest absolute Gasteiger partial charge is 0.489 e. The molecule has 0 aliphatic carbocycles. The fourth-order valence-electron chi connectivity index (χ4n) is 4.61. The van der Waals surface area contributed by atoms with E-state index >= 15 is 0 Å². The van der Waals surface area contributed by atoms with Crippen LogP contribution in [0.4, 0.5) is 4.39 Å². The van der Waals surface area contributed by atoms with E-state index < -0.39 is 34.6 Å². The molecular weight excluding hydrogens is 479 g/mol. The molecule has 3 heterocycles. The molecular formula is C26H31FN6O4. The number of pyridine rings is 1. The highest BCUT2D eigenvalue weighted by molar-refractivity contribution is 6.13. The third-order valence-electron chi connectivity index (χ3n) is 6.55. The van der Waals surface area contributed by atoms with Crippen LogP contribution in [0, 0.1) is 11.2 Å². The normalized spacial score (nSPS) is 20.2. The van der Waals surface area contributed by atoms with E-state index in [0.717, 1.165) is 23.5 Å². The van der Waals surface area contributed by atoms with Gasteiger partial charge in [-0.2, -0.15) is 5.10 Å². The molecule has 0 saturated carbocycles. The summed E-state index contributed by atoms with van der Waals surface area (Å²) in [6, 6.07) is 9.58. The standard InChI is InChI=1S/C26H31FN6O4/c1-25(2,28)23(35)30-20(15-37-19-11-18(27)13-29-14-19)22(34)33-10-9-21-26(16-33,24(36)32(3)31-21)12-17-7-5-4-6-8-17/h4-8,11,13-14,20H,9-10,12,15-16,28H2,1-3H3,(H,30,35). The number of aromatic nitrogens is 1. The van der Waals surface area contributed by atoms with E-state index in [9.17, 15) is 18.8 Å². The van der Waals surface area contributed by atoms with Crippen molar-refractivity contribution in [3.05, 3.63) is 60.2 Å². The number of carbonyl (C=O) groups excluding carboxylic acids is 3. The number of hydrazone groups is 1. The lowest BCUT2D eigenvalue weighted by molar-refractivity contribution is -0.143. The molecule has 1 fully saturated rings. The van der Waals surface area contributed by atoms with Crippen LogP contribution in [0.5, 0.6) is 5.75 Å². The Bertz CT molecular complexity index is 1220. The van der Waals surface area contributed by atoms with E-state index in [1.807, 2.05) is 30.3 Å². The van der Waals surface area contributed by atoms with E-state index in [2.05, 4.69) is 15.4 Å². The molecule has 196 valence electrons. The topological polar surface area (TPSA) is 130 Å². The summed E-state index contributed by atoms with van der Waals surface area (Å²) in [5, 5.41) is 8.47. The number of nitrogens with zero attached hydrogens (tertiary/aromatic N) is 4. The highest BCUT2D eigenvalue weighted by Crippen LogP contribution is 2.38. The number of hydrogen-bond donors (Lipinski definition) is 2. The first-order valence-electron chi connectivity index (χ1n) is 12.0. The highest BCUT2D eigenvalue weighted by atomic mass is 19.1. The number of nitrogens with one attached hydrogen (secondary N) is 1. The van der Waals surface area contributed by atoms with Crippen LogP contribution in [-0.2, 0) is 20.8 Å². The van der Waals surface area contributed by atoms with Gasteiger partial charge < -0.3 is 20.7 Å². The number of halogens is 1. The van der Waals surface area contributed by atoms with E-state index in [1.165, 1.54) is 25.1 Å². The fraction of sp³-hybridized carbons (Fsp3) is 0.423. The van der Waals surface area contributed by atoms with Gasteiger partial charge in [-0.3, -0.25) is 19.4 Å². The van der Waals surface area contributed by atoms with Crippen LogP contribution >= 0.6 is 0 Å². The highest BCUT2D eigenvalue weighted by Gasteiger charge is 2.54. The molecule has 2 aliphatic heterocycles. The van der Waals surface area contributed by atoms with Crippen LogP contribution < -0.4 is 15.8 Å². The Kier molecular flexibility index (Phi) is 7.26. The number of amides is 3. The van der Waals surface area contributed by atoms with Gasteiger partial charge in [-0.25, -0.2) is 9.40 Å². The number of ether oxygens (including phenoxy) is 1. The predicted molar refractivity (Wildman–Crippen MR) is 134 cm³/mol. The molecule has 1 aromatic carbocycles. The average Bonchev–Trinajstić information content (AvgIpc) is 3.10. The van der Waals surface area contributed by atoms with Crippen molar-refractivity contribution in [2.24, 2.45) is 16.3 Å². The van der Waals surface area contributed by atoms with Gasteiger partial charge in [-0.05, 0) is 25.8 Å². The summed E-state index contributed by atoms with van der Waals surface area (Å²) >= 11 is 0. The second kappa shape index (κ2) is 10.3. The maximum Gasteiger partial charge on any atom is 0.256 e. The number of likely N-dealkylation sites (tertiary alicyclic amines) is 1. The predicted octanol–water partition coefficient (Wildman–Crippen LogP) is 1.11. The Hall–Kier alpha value is -3.86. The monoisotopic (exact) mass is 510 g/mol. The number of rotatable bonds is 8. The summed E-state index contributed by atoms with van der Waals surface area (Å²) in [7, 11) is 1.61. The third kappa shape index (κ3) is 5.61. The van der Waals surface area contributed by atoms with Crippen LogP contribution in [0.3, 0.4) is 0 Å². The van der Waals surface area contributed by atoms with Gasteiger partial charge in [0.25, 0.3) is 5.91 Å². The molecule has 4 rings (SSSR count). The Morgan fingerprint density at radius 1 is 1.27 bits per heavy atom. The smallest absolute Gasteiger partial charge is 0.256 e. The lowest BCUT2D eigenvalue weighted by Crippen LogP contribution is -2.62. The molecule has 10 nitrogen and oxygen atoms in total. The lowest BCUT2D eigenvalue weighted by Gasteiger charge is -2.40. The van der Waals surface area contributed by atoms with E-state index in [1.54, 1.807) is 11.9 Å². The Morgan fingerprint density at radius 3 is 2.68 bits per heavy atom. The first-order chi connectivity index (χ1) is 17.5. The Balaban J connectivity index is 1.58. The van der Waals surface area contributed by atoms with Gasteiger partial charge in [0.1, 0.15) is 29.6 Å². The second-order valence-electron chi connectivity index (χ2n) is 10.0. The average molecular weight is 511 g/mol. The van der Waals surface area contributed by atoms with Gasteiger partial charge in [-0.1, -0.05) is 30.3 Å². The number of piperidine rings is 1. The summed E-state index contributed by atoms with van der Waals surface area (Å²) < 4.78 is 19.2. The molecule has 2 aliphatic rings. The quantitative estimate of drug-likeness (QED) is 0.547. The minimum absolute atomic E-state index is 0.0998. The first kappa shape index (κ1) is 26.2. The number of fused-ring (bicyclic) bond motifs is 1. The third-order valence-corrected chi connectivity index (χ3v) is 6.55. The zero-order chi connectivity index (χ0) is 26.8. The lowest BCUT2D eigenvalue weighted by atomic mass is 9.73. The number of hydrogen-bond acceptors (Lipinski definition) is 7. The Morgan fingerprint density at radius 2 is 2.00 bits per heavy atom. The summed E-state index contributed by atoms with van der Waals surface area (Å²) in [6.45, 7) is 3.18. The molecule has 3 N–H and O–H groups in total.